The van der Waals surface area contributed by atoms with Gasteiger partial charge in [-0.05, 0) is 23.1 Å². The van der Waals surface area contributed by atoms with Gasteiger partial charge in [0.15, 0.2) is 0 Å². The third-order valence-corrected chi connectivity index (χ3v) is 7.54. The minimum Gasteiger partial charge on any atom is -0.390 e. The molecule has 33 heavy (non-hydrogen) atoms. The van der Waals surface area contributed by atoms with Crippen LogP contribution in [-0.4, -0.2) is 31.6 Å². The number of hydrogen-bond donors (Lipinski definition) is 3. The van der Waals surface area contributed by atoms with E-state index in [2.05, 4.69) is 17.0 Å². The van der Waals surface area contributed by atoms with Gasteiger partial charge in [0, 0.05) is 6.42 Å². The summed E-state index contributed by atoms with van der Waals surface area (Å²) in [5.41, 5.74) is 2.57. The largest absolute Gasteiger partial charge is 0.390 e. The van der Waals surface area contributed by atoms with Crippen LogP contribution >= 0.6 is 0 Å². The molecule has 180 valence electrons. The minimum atomic E-state index is -3.71. The quantitative estimate of drug-likeness (QED) is 0.384. The number of carbonyl (C=O) groups is 1. The molecule has 3 N–H and O–H groups in total. The summed E-state index contributed by atoms with van der Waals surface area (Å²) in [6.07, 6.45) is 6.48. The van der Waals surface area contributed by atoms with E-state index in [9.17, 15) is 18.3 Å². The predicted octanol–water partition coefficient (Wildman–Crippen LogP) is 4.00. The summed E-state index contributed by atoms with van der Waals surface area (Å²) < 4.78 is 28.3. The van der Waals surface area contributed by atoms with Crippen LogP contribution in [0.5, 0.6) is 0 Å². The van der Waals surface area contributed by atoms with Gasteiger partial charge < -0.3 is 10.4 Å². The fourth-order valence-electron chi connectivity index (χ4n) is 4.43. The zero-order valence-corrected chi connectivity index (χ0v) is 20.2. The Morgan fingerprint density at radius 1 is 1.00 bits per heavy atom. The summed E-state index contributed by atoms with van der Waals surface area (Å²) >= 11 is 0. The van der Waals surface area contributed by atoms with Gasteiger partial charge >= 0.3 is 0 Å². The molecular weight excluding hydrogens is 436 g/mol. The monoisotopic (exact) mass is 472 g/mol. The number of rotatable bonds is 13. The lowest BCUT2D eigenvalue weighted by Gasteiger charge is -2.23. The Labute approximate surface area is 197 Å². The van der Waals surface area contributed by atoms with Gasteiger partial charge in [-0.15, -0.1) is 0 Å². The Bertz CT molecular complexity index is 994. The SMILES string of the molecule is CCCCCCCCC(NS(=O)(=O)Cc1ccccc1)C(=O)N[C@H]1c2ccccc2C[C@H]1O. The van der Waals surface area contributed by atoms with E-state index in [-0.39, 0.29) is 11.7 Å². The molecule has 1 aliphatic carbocycles. The van der Waals surface area contributed by atoms with Gasteiger partial charge in [0.2, 0.25) is 15.9 Å². The maximum Gasteiger partial charge on any atom is 0.238 e. The number of carbonyl (C=O) groups excluding carboxylic acids is 1. The first-order valence-corrected chi connectivity index (χ1v) is 13.6. The van der Waals surface area contributed by atoms with Gasteiger partial charge in [-0.2, -0.15) is 0 Å². The molecule has 1 unspecified atom stereocenters. The van der Waals surface area contributed by atoms with Crippen molar-refractivity contribution in [1.82, 2.24) is 10.0 Å². The molecular formula is C26H36N2O4S. The fourth-order valence-corrected chi connectivity index (χ4v) is 5.80. The normalized spacial score (nSPS) is 18.6. The van der Waals surface area contributed by atoms with E-state index in [1.165, 1.54) is 6.42 Å². The van der Waals surface area contributed by atoms with Crippen LogP contribution in [0.15, 0.2) is 54.6 Å². The Morgan fingerprint density at radius 2 is 1.67 bits per heavy atom. The van der Waals surface area contributed by atoms with Crippen molar-refractivity contribution in [2.75, 3.05) is 0 Å². The highest BCUT2D eigenvalue weighted by Gasteiger charge is 2.34. The van der Waals surface area contributed by atoms with Crippen molar-refractivity contribution in [3.05, 3.63) is 71.3 Å². The van der Waals surface area contributed by atoms with E-state index < -0.39 is 28.2 Å². The molecule has 0 saturated carbocycles. The first kappa shape index (κ1) is 25.4. The average Bonchev–Trinajstić information content (AvgIpc) is 3.10. The lowest BCUT2D eigenvalue weighted by atomic mass is 10.0. The number of sulfonamides is 1. The molecule has 0 fully saturated rings. The number of aliphatic hydroxyl groups is 1. The molecule has 0 saturated heterocycles. The maximum absolute atomic E-state index is 13.2. The lowest BCUT2D eigenvalue weighted by molar-refractivity contribution is -0.124. The van der Waals surface area contributed by atoms with E-state index >= 15 is 0 Å². The molecule has 0 bridgehead atoms. The highest BCUT2D eigenvalue weighted by Crippen LogP contribution is 2.31. The van der Waals surface area contributed by atoms with Crippen LogP contribution in [0, 0.1) is 0 Å². The lowest BCUT2D eigenvalue weighted by Crippen LogP contribution is -2.49. The highest BCUT2D eigenvalue weighted by atomic mass is 32.2. The van der Waals surface area contributed by atoms with Crippen LogP contribution in [0.3, 0.4) is 0 Å². The number of nitrogens with one attached hydrogen (secondary N) is 2. The van der Waals surface area contributed by atoms with Crippen molar-refractivity contribution in [3.63, 3.8) is 0 Å². The Morgan fingerprint density at radius 3 is 2.42 bits per heavy atom. The molecule has 0 aromatic heterocycles. The summed E-state index contributed by atoms with van der Waals surface area (Å²) in [6.45, 7) is 2.16. The Hall–Kier alpha value is -2.22. The van der Waals surface area contributed by atoms with Crippen LogP contribution in [0.25, 0.3) is 0 Å². The van der Waals surface area contributed by atoms with Crippen molar-refractivity contribution in [1.29, 1.82) is 0 Å². The van der Waals surface area contributed by atoms with E-state index in [1.807, 2.05) is 30.3 Å². The summed E-state index contributed by atoms with van der Waals surface area (Å²) in [5, 5.41) is 13.4. The van der Waals surface area contributed by atoms with Crippen LogP contribution < -0.4 is 10.0 Å². The van der Waals surface area contributed by atoms with Crippen LogP contribution in [0.2, 0.25) is 0 Å². The molecule has 0 spiro atoms. The van der Waals surface area contributed by atoms with Crippen molar-refractivity contribution in [2.24, 2.45) is 0 Å². The maximum atomic E-state index is 13.2. The second-order valence-electron chi connectivity index (χ2n) is 8.93. The van der Waals surface area contributed by atoms with Gasteiger partial charge in [-0.1, -0.05) is 100 Å². The summed E-state index contributed by atoms with van der Waals surface area (Å²) in [6, 6.07) is 15.2. The van der Waals surface area contributed by atoms with Crippen LogP contribution in [0.1, 0.15) is 74.6 Å². The molecule has 3 atom stereocenters. The summed E-state index contributed by atoms with van der Waals surface area (Å²) in [5.74, 6) is -0.566. The molecule has 0 aliphatic heterocycles. The van der Waals surface area contributed by atoms with Crippen LogP contribution in [0.4, 0.5) is 0 Å². The number of aliphatic hydroxyl groups excluding tert-OH is 1. The molecule has 1 aliphatic rings. The summed E-state index contributed by atoms with van der Waals surface area (Å²) in [7, 11) is -3.71. The topological polar surface area (TPSA) is 95.5 Å². The van der Waals surface area contributed by atoms with Gasteiger partial charge in [-0.25, -0.2) is 13.1 Å². The third-order valence-electron chi connectivity index (χ3n) is 6.19. The second kappa shape index (κ2) is 12.3. The molecule has 0 heterocycles. The molecule has 2 aromatic rings. The first-order chi connectivity index (χ1) is 15.9. The molecule has 7 heteroatoms. The van der Waals surface area contributed by atoms with Gasteiger partial charge in [0.25, 0.3) is 0 Å². The van der Waals surface area contributed by atoms with Crippen molar-refractivity contribution < 1.29 is 18.3 Å². The van der Waals surface area contributed by atoms with Gasteiger partial charge in [0.05, 0.1) is 17.9 Å². The van der Waals surface area contributed by atoms with Gasteiger partial charge in [0.1, 0.15) is 6.04 Å². The smallest absolute Gasteiger partial charge is 0.238 e. The molecule has 2 aromatic carbocycles. The van der Waals surface area contributed by atoms with Crippen LogP contribution in [-0.2, 0) is 27.0 Å². The predicted molar refractivity (Wildman–Crippen MR) is 131 cm³/mol. The van der Waals surface area contributed by atoms with Crippen molar-refractivity contribution in [2.45, 2.75) is 82.2 Å². The number of amides is 1. The van der Waals surface area contributed by atoms with E-state index in [0.717, 1.165) is 43.2 Å². The minimum absolute atomic E-state index is 0.178. The molecule has 6 nitrogen and oxygen atoms in total. The highest BCUT2D eigenvalue weighted by molar-refractivity contribution is 7.88. The third kappa shape index (κ3) is 7.66. The Balaban J connectivity index is 1.67. The first-order valence-electron chi connectivity index (χ1n) is 12.0. The number of benzene rings is 2. The molecule has 0 radical (unpaired) electrons. The number of hydrogen-bond acceptors (Lipinski definition) is 4. The van der Waals surface area contributed by atoms with Crippen molar-refractivity contribution >= 4 is 15.9 Å². The standard InChI is InChI=1S/C26H36N2O4S/c1-2-3-4-5-6-10-17-23(28-33(31,32)19-20-13-8-7-9-14-20)26(30)27-25-22-16-12-11-15-21(22)18-24(25)29/h7-9,11-16,23-25,28-29H,2-6,10,17-19H2,1H3,(H,27,30)/t23?,24-,25+/m1/s1. The zero-order valence-electron chi connectivity index (χ0n) is 19.4. The van der Waals surface area contributed by atoms with E-state index in [0.29, 0.717) is 18.4 Å². The molecule has 1 amide bonds. The van der Waals surface area contributed by atoms with E-state index in [1.54, 1.807) is 24.3 Å². The average molecular weight is 473 g/mol. The summed E-state index contributed by atoms with van der Waals surface area (Å²) in [4.78, 5) is 13.2. The fraction of sp³-hybridized carbons (Fsp3) is 0.500. The zero-order chi connectivity index (χ0) is 23.7. The van der Waals surface area contributed by atoms with Crippen molar-refractivity contribution in [3.8, 4) is 0 Å². The van der Waals surface area contributed by atoms with E-state index in [4.69, 9.17) is 0 Å². The second-order valence-corrected chi connectivity index (χ2v) is 10.7. The Kier molecular flexibility index (Phi) is 9.47. The number of unbranched alkanes of at least 4 members (excludes halogenated alkanes) is 5. The molecule has 3 rings (SSSR count). The van der Waals surface area contributed by atoms with Gasteiger partial charge in [-0.3, -0.25) is 4.79 Å². The number of fused-ring (bicyclic) bond motifs is 1.